The van der Waals surface area contributed by atoms with E-state index in [9.17, 15) is 0 Å². The monoisotopic (exact) mass is 351 g/mol. The fraction of sp³-hybridized carbons (Fsp3) is 0.211. The molecule has 2 aromatic heterocycles. The van der Waals surface area contributed by atoms with Gasteiger partial charge in [0.15, 0.2) is 0 Å². The number of aromatic nitrogens is 3. The highest BCUT2D eigenvalue weighted by Crippen LogP contribution is 2.30. The Bertz CT molecular complexity index is 871. The summed E-state index contributed by atoms with van der Waals surface area (Å²) < 4.78 is 10.6. The van der Waals surface area contributed by atoms with Gasteiger partial charge in [0.25, 0.3) is 0 Å². The topological polar surface area (TPSA) is 81.2 Å². The summed E-state index contributed by atoms with van der Waals surface area (Å²) in [4.78, 5) is 13.2. The van der Waals surface area contributed by atoms with Crippen LogP contribution in [0.15, 0.2) is 48.7 Å². The highest BCUT2D eigenvalue weighted by Gasteiger charge is 2.08. The van der Waals surface area contributed by atoms with Gasteiger partial charge in [0, 0.05) is 24.0 Å². The van der Waals surface area contributed by atoms with Crippen molar-refractivity contribution < 1.29 is 9.47 Å². The van der Waals surface area contributed by atoms with Crippen LogP contribution in [0.5, 0.6) is 11.5 Å². The molecule has 7 nitrogen and oxygen atoms in total. The summed E-state index contributed by atoms with van der Waals surface area (Å²) in [7, 11) is 3.22. The average Bonchev–Trinajstić information content (AvgIpc) is 2.67. The Morgan fingerprint density at radius 1 is 1.00 bits per heavy atom. The molecule has 1 aromatic carbocycles. The van der Waals surface area contributed by atoms with Gasteiger partial charge < -0.3 is 20.1 Å². The van der Waals surface area contributed by atoms with E-state index in [1.807, 2.05) is 43.3 Å². The SMILES string of the molecule is COc1ccc(Nc2nc(C)cc(NCc3ccccn3)n2)c(OC)c1. The molecule has 0 aliphatic heterocycles. The lowest BCUT2D eigenvalue weighted by Gasteiger charge is -2.13. The average molecular weight is 351 g/mol. The molecule has 2 N–H and O–H groups in total. The van der Waals surface area contributed by atoms with E-state index in [2.05, 4.69) is 25.6 Å². The Hall–Kier alpha value is -3.35. The molecule has 2 heterocycles. The smallest absolute Gasteiger partial charge is 0.229 e. The number of hydrogen-bond donors (Lipinski definition) is 2. The first-order valence-electron chi connectivity index (χ1n) is 8.16. The van der Waals surface area contributed by atoms with Gasteiger partial charge >= 0.3 is 0 Å². The maximum atomic E-state index is 5.40. The van der Waals surface area contributed by atoms with Crippen LogP contribution >= 0.6 is 0 Å². The number of ether oxygens (including phenoxy) is 2. The van der Waals surface area contributed by atoms with E-state index < -0.39 is 0 Å². The first-order chi connectivity index (χ1) is 12.7. The lowest BCUT2D eigenvalue weighted by atomic mass is 10.2. The molecule has 0 unspecified atom stereocenters. The number of nitrogens with zero attached hydrogens (tertiary/aromatic N) is 3. The maximum Gasteiger partial charge on any atom is 0.229 e. The van der Waals surface area contributed by atoms with Crippen LogP contribution in [0.2, 0.25) is 0 Å². The largest absolute Gasteiger partial charge is 0.497 e. The van der Waals surface area contributed by atoms with E-state index in [-0.39, 0.29) is 0 Å². The third-order valence-corrected chi connectivity index (χ3v) is 3.69. The minimum atomic E-state index is 0.483. The van der Waals surface area contributed by atoms with Gasteiger partial charge in [-0.2, -0.15) is 4.98 Å². The summed E-state index contributed by atoms with van der Waals surface area (Å²) in [6, 6.07) is 13.2. The third kappa shape index (κ3) is 4.38. The molecule has 3 aromatic rings. The molecule has 0 amide bonds. The van der Waals surface area contributed by atoms with E-state index in [1.54, 1.807) is 26.5 Å². The van der Waals surface area contributed by atoms with Crippen molar-refractivity contribution in [2.24, 2.45) is 0 Å². The Labute approximate surface area is 152 Å². The number of hydrogen-bond acceptors (Lipinski definition) is 7. The fourth-order valence-electron chi connectivity index (χ4n) is 2.42. The molecule has 3 rings (SSSR count). The summed E-state index contributed by atoms with van der Waals surface area (Å²) in [6.07, 6.45) is 1.77. The number of benzene rings is 1. The molecule has 0 spiro atoms. The molecular weight excluding hydrogens is 330 g/mol. The number of nitrogens with one attached hydrogen (secondary N) is 2. The van der Waals surface area contributed by atoms with E-state index in [1.165, 1.54) is 0 Å². The molecule has 26 heavy (non-hydrogen) atoms. The van der Waals surface area contributed by atoms with Crippen molar-refractivity contribution in [1.29, 1.82) is 0 Å². The molecule has 0 atom stereocenters. The zero-order valence-corrected chi connectivity index (χ0v) is 15.0. The van der Waals surface area contributed by atoms with Crippen LogP contribution in [0.1, 0.15) is 11.4 Å². The lowest BCUT2D eigenvalue weighted by Crippen LogP contribution is -2.06. The molecule has 0 aliphatic carbocycles. The number of pyridine rings is 1. The number of methoxy groups -OCH3 is 2. The molecule has 0 radical (unpaired) electrons. The van der Waals surface area contributed by atoms with Crippen LogP contribution < -0.4 is 20.1 Å². The van der Waals surface area contributed by atoms with Gasteiger partial charge in [0.1, 0.15) is 17.3 Å². The molecule has 134 valence electrons. The van der Waals surface area contributed by atoms with Crippen LogP contribution in [0, 0.1) is 6.92 Å². The summed E-state index contributed by atoms with van der Waals surface area (Å²) in [5.74, 6) is 2.57. The van der Waals surface area contributed by atoms with E-state index in [0.717, 1.165) is 28.6 Å². The van der Waals surface area contributed by atoms with Gasteiger partial charge in [0.05, 0.1) is 32.1 Å². The fourth-order valence-corrected chi connectivity index (χ4v) is 2.42. The first-order valence-corrected chi connectivity index (χ1v) is 8.16. The quantitative estimate of drug-likeness (QED) is 0.673. The Morgan fingerprint density at radius 2 is 1.88 bits per heavy atom. The molecule has 0 fully saturated rings. The van der Waals surface area contributed by atoms with Crippen LogP contribution in [-0.4, -0.2) is 29.2 Å². The second kappa shape index (κ2) is 8.15. The zero-order chi connectivity index (χ0) is 18.4. The van der Waals surface area contributed by atoms with Crippen molar-refractivity contribution in [2.75, 3.05) is 24.9 Å². The van der Waals surface area contributed by atoms with E-state index in [0.29, 0.717) is 18.2 Å². The second-order valence-corrected chi connectivity index (χ2v) is 5.58. The minimum absolute atomic E-state index is 0.483. The molecule has 0 bridgehead atoms. The normalized spacial score (nSPS) is 10.3. The van der Waals surface area contributed by atoms with Gasteiger partial charge in [-0.1, -0.05) is 6.07 Å². The standard InChI is InChI=1S/C19H21N5O2/c1-13-10-18(21-12-14-6-4-5-9-20-14)24-19(22-13)23-16-8-7-15(25-2)11-17(16)26-3/h4-11H,12H2,1-3H3,(H2,21,22,23,24). The van der Waals surface area contributed by atoms with Gasteiger partial charge in [-0.15, -0.1) is 0 Å². The van der Waals surface area contributed by atoms with Gasteiger partial charge in [0.2, 0.25) is 5.95 Å². The Morgan fingerprint density at radius 3 is 2.62 bits per heavy atom. The summed E-state index contributed by atoms with van der Waals surface area (Å²) in [6.45, 7) is 2.51. The Balaban J connectivity index is 1.77. The van der Waals surface area contributed by atoms with Gasteiger partial charge in [-0.05, 0) is 31.2 Å². The third-order valence-electron chi connectivity index (χ3n) is 3.69. The van der Waals surface area contributed by atoms with Gasteiger partial charge in [-0.3, -0.25) is 4.98 Å². The number of anilines is 3. The minimum Gasteiger partial charge on any atom is -0.497 e. The van der Waals surface area contributed by atoms with Crippen LogP contribution in [0.4, 0.5) is 17.5 Å². The first kappa shape index (κ1) is 17.5. The second-order valence-electron chi connectivity index (χ2n) is 5.58. The number of aryl methyl sites for hydroxylation is 1. The zero-order valence-electron chi connectivity index (χ0n) is 15.0. The van der Waals surface area contributed by atoms with Crippen molar-refractivity contribution in [2.45, 2.75) is 13.5 Å². The van der Waals surface area contributed by atoms with Gasteiger partial charge in [-0.25, -0.2) is 4.98 Å². The van der Waals surface area contributed by atoms with Crippen molar-refractivity contribution in [3.05, 3.63) is 60.0 Å². The van der Waals surface area contributed by atoms with E-state index >= 15 is 0 Å². The molecule has 0 aliphatic rings. The van der Waals surface area contributed by atoms with Crippen LogP contribution in [0.3, 0.4) is 0 Å². The van der Waals surface area contributed by atoms with E-state index in [4.69, 9.17) is 9.47 Å². The summed E-state index contributed by atoms with van der Waals surface area (Å²) >= 11 is 0. The summed E-state index contributed by atoms with van der Waals surface area (Å²) in [5, 5.41) is 6.47. The highest BCUT2D eigenvalue weighted by atomic mass is 16.5. The molecule has 7 heteroatoms. The van der Waals surface area contributed by atoms with Crippen molar-refractivity contribution in [1.82, 2.24) is 15.0 Å². The van der Waals surface area contributed by atoms with Crippen LogP contribution in [0.25, 0.3) is 0 Å². The predicted octanol–water partition coefficient (Wildman–Crippen LogP) is 3.55. The highest BCUT2D eigenvalue weighted by molar-refractivity contribution is 5.65. The molecule has 0 saturated heterocycles. The maximum absolute atomic E-state index is 5.40. The lowest BCUT2D eigenvalue weighted by molar-refractivity contribution is 0.395. The van der Waals surface area contributed by atoms with Crippen LogP contribution in [-0.2, 0) is 6.54 Å². The van der Waals surface area contributed by atoms with Crippen molar-refractivity contribution in [3.63, 3.8) is 0 Å². The number of rotatable bonds is 7. The summed E-state index contributed by atoms with van der Waals surface area (Å²) in [5.41, 5.74) is 2.54. The predicted molar refractivity (Wildman–Crippen MR) is 101 cm³/mol. The van der Waals surface area contributed by atoms with Crippen molar-refractivity contribution in [3.8, 4) is 11.5 Å². The molecule has 0 saturated carbocycles. The Kier molecular flexibility index (Phi) is 5.48. The van der Waals surface area contributed by atoms with Crippen molar-refractivity contribution >= 4 is 17.5 Å². The molecular formula is C19H21N5O2.